The Morgan fingerprint density at radius 1 is 0.679 bits per heavy atom. The molecule has 21 nitrogen and oxygen atoms in total. The normalized spacial score (nSPS) is 14.5. The Morgan fingerprint density at radius 3 is 1.43 bits per heavy atom. The summed E-state index contributed by atoms with van der Waals surface area (Å²) in [5.74, 6) is 0. The van der Waals surface area contributed by atoms with Crippen LogP contribution in [0.1, 0.15) is 0 Å². The van der Waals surface area contributed by atoms with Crippen LogP contribution in [-0.4, -0.2) is 70.0 Å². The van der Waals surface area contributed by atoms with Crippen LogP contribution in [0.2, 0.25) is 0 Å². The highest BCUT2D eigenvalue weighted by molar-refractivity contribution is 4.84. The molecule has 0 aliphatic carbocycles. The first-order chi connectivity index (χ1) is 13.0. The third-order valence-electron chi connectivity index (χ3n) is 2.66. The SMILES string of the molecule is CNC[C@H](O[N+](=O)[O-])[C@@H](O[N+](=O)[O-])[C@H](O[N+](=O)[O-])[C@@H](CO[N+](=O)[O-])O[N+](=O)[O-]. The van der Waals surface area contributed by atoms with Crippen molar-refractivity contribution in [3.8, 4) is 0 Å². The Balaban J connectivity index is 6.06. The Morgan fingerprint density at radius 2 is 1.07 bits per heavy atom. The molecule has 28 heavy (non-hydrogen) atoms. The fraction of sp³-hybridized carbons (Fsp3) is 1.00. The molecule has 1 N–H and O–H groups in total. The van der Waals surface area contributed by atoms with E-state index in [1.807, 2.05) is 0 Å². The summed E-state index contributed by atoms with van der Waals surface area (Å²) in [4.78, 5) is 72.9. The van der Waals surface area contributed by atoms with Gasteiger partial charge in [-0.1, -0.05) is 0 Å². The molecule has 0 aliphatic heterocycles. The second-order valence-electron chi connectivity index (χ2n) is 4.40. The summed E-state index contributed by atoms with van der Waals surface area (Å²) in [7, 11) is 1.20. The minimum absolute atomic E-state index is 0.613. The van der Waals surface area contributed by atoms with Crippen molar-refractivity contribution in [1.29, 1.82) is 0 Å². The molecule has 0 aromatic carbocycles. The second-order valence-corrected chi connectivity index (χ2v) is 4.40. The van der Waals surface area contributed by atoms with Gasteiger partial charge in [0.05, 0.1) is 0 Å². The van der Waals surface area contributed by atoms with E-state index >= 15 is 0 Å². The highest BCUT2D eigenvalue weighted by Gasteiger charge is 2.44. The van der Waals surface area contributed by atoms with Crippen molar-refractivity contribution in [3.63, 3.8) is 0 Å². The Labute approximate surface area is 151 Å². The number of likely N-dealkylation sites (N-methyl/N-ethyl adjacent to an activating group) is 1. The minimum atomic E-state index is -2.51. The third kappa shape index (κ3) is 9.44. The van der Waals surface area contributed by atoms with E-state index in [1.54, 1.807) is 0 Å². The van der Waals surface area contributed by atoms with E-state index in [0.717, 1.165) is 0 Å². The molecule has 0 saturated carbocycles. The second kappa shape index (κ2) is 11.6. The molecule has 160 valence electrons. The quantitative estimate of drug-likeness (QED) is 0.203. The lowest BCUT2D eigenvalue weighted by atomic mass is 10.0. The van der Waals surface area contributed by atoms with Crippen molar-refractivity contribution in [2.75, 3.05) is 20.2 Å². The molecule has 0 aromatic rings. The molecular formula is C7H12N6O15. The zero-order valence-electron chi connectivity index (χ0n) is 13.6. The topological polar surface area (TPSA) is 274 Å². The van der Waals surface area contributed by atoms with Crippen molar-refractivity contribution in [1.82, 2.24) is 5.32 Å². The van der Waals surface area contributed by atoms with Crippen LogP contribution >= 0.6 is 0 Å². The van der Waals surface area contributed by atoms with Gasteiger partial charge in [0.1, 0.15) is 12.7 Å². The van der Waals surface area contributed by atoms with E-state index in [0.29, 0.717) is 0 Å². The van der Waals surface area contributed by atoms with E-state index in [9.17, 15) is 50.6 Å². The fourth-order valence-electron chi connectivity index (χ4n) is 1.83. The molecule has 0 heterocycles. The van der Waals surface area contributed by atoms with Crippen molar-refractivity contribution < 1.29 is 49.6 Å². The van der Waals surface area contributed by atoms with Gasteiger partial charge in [-0.15, -0.1) is 50.6 Å². The van der Waals surface area contributed by atoms with Gasteiger partial charge in [0.2, 0.25) is 0 Å². The van der Waals surface area contributed by atoms with Crippen LogP contribution in [0.15, 0.2) is 0 Å². The summed E-state index contributed by atoms with van der Waals surface area (Å²) in [6.07, 6.45) is -9.29. The van der Waals surface area contributed by atoms with Crippen LogP contribution < -0.4 is 5.32 Å². The molecular weight excluding hydrogens is 408 g/mol. The molecule has 0 saturated heterocycles. The monoisotopic (exact) mass is 420 g/mol. The van der Waals surface area contributed by atoms with Gasteiger partial charge >= 0.3 is 0 Å². The molecule has 21 heteroatoms. The largest absolute Gasteiger partial charge is 0.317 e. The lowest BCUT2D eigenvalue weighted by Gasteiger charge is -2.32. The fourth-order valence-corrected chi connectivity index (χ4v) is 1.83. The van der Waals surface area contributed by atoms with Gasteiger partial charge in [-0.05, 0) is 7.05 Å². The van der Waals surface area contributed by atoms with Crippen LogP contribution in [0.5, 0.6) is 0 Å². The Bertz CT molecular complexity index is 585. The number of hydrogen-bond donors (Lipinski definition) is 1. The zero-order valence-corrected chi connectivity index (χ0v) is 13.6. The predicted octanol–water partition coefficient (Wildman–Crippen LogP) is -2.28. The van der Waals surface area contributed by atoms with E-state index < -0.39 is 63.0 Å². The Hall–Kier alpha value is -4.04. The number of nitrogens with one attached hydrogen (secondary N) is 1. The lowest BCUT2D eigenvalue weighted by molar-refractivity contribution is -0.831. The van der Waals surface area contributed by atoms with Crippen LogP contribution in [0, 0.1) is 50.6 Å². The van der Waals surface area contributed by atoms with Crippen LogP contribution in [0.25, 0.3) is 0 Å². The van der Waals surface area contributed by atoms with Crippen molar-refractivity contribution in [3.05, 3.63) is 50.6 Å². The maximum absolute atomic E-state index is 10.7. The van der Waals surface area contributed by atoms with Crippen LogP contribution in [0.4, 0.5) is 0 Å². The highest BCUT2D eigenvalue weighted by atomic mass is 17.0. The van der Waals surface area contributed by atoms with E-state index in [1.165, 1.54) is 7.05 Å². The molecule has 0 amide bonds. The Kier molecular flexibility index (Phi) is 9.88. The molecule has 0 aliphatic rings. The summed E-state index contributed by atoms with van der Waals surface area (Å²) in [6.45, 7) is -2.01. The first kappa shape index (κ1) is 24.0. The van der Waals surface area contributed by atoms with Gasteiger partial charge in [-0.2, -0.15) is 0 Å². The first-order valence-corrected chi connectivity index (χ1v) is 6.64. The minimum Gasteiger partial charge on any atom is -0.317 e. The van der Waals surface area contributed by atoms with Crippen molar-refractivity contribution in [2.45, 2.75) is 24.4 Å². The maximum atomic E-state index is 10.7. The van der Waals surface area contributed by atoms with Crippen molar-refractivity contribution in [2.24, 2.45) is 0 Å². The smallest absolute Gasteiger partial charge is 0.294 e. The molecule has 0 unspecified atom stereocenters. The lowest BCUT2D eigenvalue weighted by Crippen LogP contribution is -2.55. The van der Waals surface area contributed by atoms with Gasteiger partial charge in [-0.25, -0.2) is 0 Å². The number of rotatable bonds is 16. The average molecular weight is 420 g/mol. The van der Waals surface area contributed by atoms with Crippen molar-refractivity contribution >= 4 is 0 Å². The number of nitrogens with zero attached hydrogens (tertiary/aromatic N) is 5. The molecule has 0 spiro atoms. The van der Waals surface area contributed by atoms with Gasteiger partial charge < -0.3 is 29.5 Å². The molecule has 0 radical (unpaired) electrons. The summed E-state index contributed by atoms with van der Waals surface area (Å²) in [5.41, 5.74) is 0. The molecule has 4 atom stereocenters. The standard InChI is InChI=1S/C7H12N6O15/c1-8-2-4(25-10(16)17)6(27-12(20)21)7(28-13(22)23)5(26-11(18)19)3-24-9(14)15/h4-8H,2-3H2,1H3/t4-,5+,6+,7+/m0/s1. The molecule has 0 aromatic heterocycles. The summed E-state index contributed by atoms with van der Waals surface area (Å²) < 4.78 is 0. The van der Waals surface area contributed by atoms with Gasteiger partial charge in [0.25, 0.3) is 25.4 Å². The maximum Gasteiger partial charge on any atom is 0.294 e. The number of hydrogen-bond acceptors (Lipinski definition) is 16. The predicted molar refractivity (Wildman–Crippen MR) is 74.3 cm³/mol. The first-order valence-electron chi connectivity index (χ1n) is 6.64. The third-order valence-corrected chi connectivity index (χ3v) is 2.66. The van der Waals surface area contributed by atoms with Gasteiger partial charge in [0, 0.05) is 6.54 Å². The summed E-state index contributed by atoms with van der Waals surface area (Å²) in [6, 6.07) is 0. The molecule has 0 rings (SSSR count). The van der Waals surface area contributed by atoms with E-state index in [4.69, 9.17) is 0 Å². The van der Waals surface area contributed by atoms with Gasteiger partial charge in [0.15, 0.2) is 18.3 Å². The van der Waals surface area contributed by atoms with E-state index in [-0.39, 0.29) is 0 Å². The summed E-state index contributed by atoms with van der Waals surface area (Å²) in [5, 5.41) is 47.5. The van der Waals surface area contributed by atoms with Crippen LogP contribution in [0.3, 0.4) is 0 Å². The zero-order chi connectivity index (χ0) is 21.9. The summed E-state index contributed by atoms with van der Waals surface area (Å²) >= 11 is 0. The highest BCUT2D eigenvalue weighted by Crippen LogP contribution is 2.19. The van der Waals surface area contributed by atoms with Crippen LogP contribution in [-0.2, 0) is 24.2 Å². The van der Waals surface area contributed by atoms with Gasteiger partial charge in [-0.3, -0.25) is 0 Å². The molecule has 0 bridgehead atoms. The molecule has 0 fully saturated rings. The average Bonchev–Trinajstić information content (AvgIpc) is 2.53. The van der Waals surface area contributed by atoms with E-state index in [2.05, 4.69) is 29.5 Å².